The molecule has 4 heteroatoms. The van der Waals surface area contributed by atoms with Crippen LogP contribution in [0.3, 0.4) is 0 Å². The molecule has 0 saturated carbocycles. The van der Waals surface area contributed by atoms with Gasteiger partial charge in [0.1, 0.15) is 0 Å². The molecular formula is C20H30O4. The van der Waals surface area contributed by atoms with Crippen LogP contribution in [0.4, 0.5) is 0 Å². The zero-order valence-corrected chi connectivity index (χ0v) is 14.7. The third-order valence-electron chi connectivity index (χ3n) is 4.50. The van der Waals surface area contributed by atoms with Crippen molar-refractivity contribution in [3.05, 3.63) is 24.3 Å². The van der Waals surface area contributed by atoms with E-state index in [2.05, 4.69) is 6.92 Å². The lowest BCUT2D eigenvalue weighted by atomic mass is 9.88. The van der Waals surface area contributed by atoms with Gasteiger partial charge in [0.25, 0.3) is 0 Å². The minimum absolute atomic E-state index is 0.0339. The number of unbranched alkanes of at least 4 members (excludes halogenated alkanes) is 5. The molecule has 0 aromatic carbocycles. The summed E-state index contributed by atoms with van der Waals surface area (Å²) in [5.41, 5.74) is 0. The highest BCUT2D eigenvalue weighted by Crippen LogP contribution is 2.28. The van der Waals surface area contributed by atoms with Crippen LogP contribution in [0.25, 0.3) is 0 Å². The van der Waals surface area contributed by atoms with Crippen LogP contribution in [0.2, 0.25) is 0 Å². The zero-order chi connectivity index (χ0) is 17.8. The Morgan fingerprint density at radius 3 is 2.50 bits per heavy atom. The Kier molecular flexibility index (Phi) is 9.97. The summed E-state index contributed by atoms with van der Waals surface area (Å²) < 4.78 is 0. The highest BCUT2D eigenvalue weighted by Gasteiger charge is 2.27. The summed E-state index contributed by atoms with van der Waals surface area (Å²) >= 11 is 0. The second-order valence-electron chi connectivity index (χ2n) is 6.57. The third-order valence-corrected chi connectivity index (χ3v) is 4.50. The molecule has 0 aromatic rings. The molecule has 2 unspecified atom stereocenters. The molecule has 1 aliphatic rings. The summed E-state index contributed by atoms with van der Waals surface area (Å²) in [4.78, 5) is 34.2. The molecule has 0 spiro atoms. The lowest BCUT2D eigenvalue weighted by molar-refractivity contribution is -0.137. The second-order valence-corrected chi connectivity index (χ2v) is 6.57. The van der Waals surface area contributed by atoms with Crippen LogP contribution in [0.15, 0.2) is 24.3 Å². The summed E-state index contributed by atoms with van der Waals surface area (Å²) in [6, 6.07) is 0. The Morgan fingerprint density at radius 2 is 1.79 bits per heavy atom. The molecule has 1 rings (SSSR count). The number of carbonyl (C=O) groups excluding carboxylic acids is 2. The van der Waals surface area contributed by atoms with Crippen LogP contribution in [0.5, 0.6) is 0 Å². The molecule has 4 nitrogen and oxygen atoms in total. The van der Waals surface area contributed by atoms with Gasteiger partial charge in [0.2, 0.25) is 0 Å². The first-order valence-corrected chi connectivity index (χ1v) is 9.19. The molecule has 134 valence electrons. The van der Waals surface area contributed by atoms with Gasteiger partial charge in [-0.3, -0.25) is 14.4 Å². The summed E-state index contributed by atoms with van der Waals surface area (Å²) in [5.74, 6) is -0.480. The van der Waals surface area contributed by atoms with Crippen molar-refractivity contribution in [2.45, 2.75) is 71.1 Å². The van der Waals surface area contributed by atoms with Crippen molar-refractivity contribution < 1.29 is 19.5 Å². The van der Waals surface area contributed by atoms with E-state index in [0.29, 0.717) is 12.8 Å². The Bertz CT molecular complexity index is 476. The Balaban J connectivity index is 2.30. The molecule has 0 bridgehead atoms. The predicted octanol–water partition coefficient (Wildman–Crippen LogP) is 4.49. The Labute approximate surface area is 145 Å². The van der Waals surface area contributed by atoms with Crippen LogP contribution in [-0.2, 0) is 14.4 Å². The van der Waals surface area contributed by atoms with Gasteiger partial charge in [-0.1, -0.05) is 51.2 Å². The van der Waals surface area contributed by atoms with Crippen molar-refractivity contribution in [2.75, 3.05) is 0 Å². The van der Waals surface area contributed by atoms with Crippen molar-refractivity contribution in [1.82, 2.24) is 0 Å². The third kappa shape index (κ3) is 8.23. The average molecular weight is 334 g/mol. The number of rotatable bonds is 13. The van der Waals surface area contributed by atoms with Gasteiger partial charge in [0, 0.05) is 24.7 Å². The quantitative estimate of drug-likeness (QED) is 0.398. The van der Waals surface area contributed by atoms with Gasteiger partial charge < -0.3 is 5.11 Å². The Morgan fingerprint density at radius 1 is 1.08 bits per heavy atom. The number of carboxylic acid groups (broad SMARTS) is 1. The van der Waals surface area contributed by atoms with E-state index in [1.165, 1.54) is 0 Å². The number of carboxylic acids is 1. The van der Waals surface area contributed by atoms with Crippen LogP contribution in [0, 0.1) is 11.8 Å². The normalized spacial score (nSPS) is 20.1. The molecule has 0 amide bonds. The van der Waals surface area contributed by atoms with E-state index in [0.717, 1.165) is 44.9 Å². The first-order chi connectivity index (χ1) is 11.5. The maximum atomic E-state index is 12.0. The van der Waals surface area contributed by atoms with E-state index >= 15 is 0 Å². The summed E-state index contributed by atoms with van der Waals surface area (Å²) in [5, 5.41) is 8.60. The SMILES string of the molecule is CCCCCC(=O)C=CC1C=CC(=O)C1CCCCCCC(=O)O. The van der Waals surface area contributed by atoms with E-state index in [9.17, 15) is 14.4 Å². The van der Waals surface area contributed by atoms with Crippen molar-refractivity contribution >= 4 is 17.5 Å². The van der Waals surface area contributed by atoms with Gasteiger partial charge in [0.05, 0.1) is 0 Å². The molecule has 2 atom stereocenters. The van der Waals surface area contributed by atoms with Crippen molar-refractivity contribution in [1.29, 1.82) is 0 Å². The zero-order valence-electron chi connectivity index (χ0n) is 14.7. The first kappa shape index (κ1) is 20.3. The molecule has 0 radical (unpaired) electrons. The van der Waals surface area contributed by atoms with Crippen molar-refractivity contribution in [3.8, 4) is 0 Å². The molecule has 1 aliphatic carbocycles. The van der Waals surface area contributed by atoms with Gasteiger partial charge in [0.15, 0.2) is 11.6 Å². The van der Waals surface area contributed by atoms with Crippen LogP contribution >= 0.6 is 0 Å². The van der Waals surface area contributed by atoms with Crippen LogP contribution < -0.4 is 0 Å². The number of ketones is 2. The van der Waals surface area contributed by atoms with E-state index in [1.807, 2.05) is 12.2 Å². The highest BCUT2D eigenvalue weighted by atomic mass is 16.4. The molecule has 0 saturated heterocycles. The molecular weight excluding hydrogens is 304 g/mol. The van der Waals surface area contributed by atoms with Crippen LogP contribution in [-0.4, -0.2) is 22.6 Å². The number of hydrogen-bond acceptors (Lipinski definition) is 3. The molecule has 24 heavy (non-hydrogen) atoms. The minimum atomic E-state index is -0.751. The van der Waals surface area contributed by atoms with Gasteiger partial charge in [-0.05, 0) is 31.4 Å². The van der Waals surface area contributed by atoms with Crippen LogP contribution in [0.1, 0.15) is 71.1 Å². The predicted molar refractivity (Wildman–Crippen MR) is 94.8 cm³/mol. The van der Waals surface area contributed by atoms with Crippen molar-refractivity contribution in [2.24, 2.45) is 11.8 Å². The van der Waals surface area contributed by atoms with E-state index in [-0.39, 0.29) is 29.8 Å². The fraction of sp³-hybridized carbons (Fsp3) is 0.650. The maximum Gasteiger partial charge on any atom is 0.303 e. The fourth-order valence-electron chi connectivity index (χ4n) is 3.03. The average Bonchev–Trinajstić information content (AvgIpc) is 2.89. The topological polar surface area (TPSA) is 71.4 Å². The molecule has 1 N–H and O–H groups in total. The van der Waals surface area contributed by atoms with Gasteiger partial charge in [-0.15, -0.1) is 0 Å². The standard InChI is InChI=1S/C20H30O4/c1-2-3-6-9-17(21)14-12-16-13-15-19(22)18(16)10-7-4-5-8-11-20(23)24/h12-16,18H,2-11H2,1H3,(H,23,24). The monoisotopic (exact) mass is 334 g/mol. The maximum absolute atomic E-state index is 12.0. The molecule has 0 fully saturated rings. The number of carbonyl (C=O) groups is 3. The molecule has 0 aromatic heterocycles. The highest BCUT2D eigenvalue weighted by molar-refractivity contribution is 5.95. The minimum Gasteiger partial charge on any atom is -0.481 e. The van der Waals surface area contributed by atoms with E-state index in [1.54, 1.807) is 12.2 Å². The van der Waals surface area contributed by atoms with Gasteiger partial charge >= 0.3 is 5.97 Å². The lowest BCUT2D eigenvalue weighted by Gasteiger charge is -2.14. The Hall–Kier alpha value is -1.71. The smallest absolute Gasteiger partial charge is 0.303 e. The first-order valence-electron chi connectivity index (χ1n) is 9.19. The summed E-state index contributed by atoms with van der Waals surface area (Å²) in [7, 11) is 0. The van der Waals surface area contributed by atoms with E-state index < -0.39 is 5.97 Å². The second kappa shape index (κ2) is 11.8. The molecule has 0 aliphatic heterocycles. The summed E-state index contributed by atoms with van der Waals surface area (Å²) in [6.07, 6.45) is 15.2. The summed E-state index contributed by atoms with van der Waals surface area (Å²) in [6.45, 7) is 2.11. The molecule has 0 heterocycles. The largest absolute Gasteiger partial charge is 0.481 e. The number of hydrogen-bond donors (Lipinski definition) is 1. The van der Waals surface area contributed by atoms with Gasteiger partial charge in [-0.25, -0.2) is 0 Å². The van der Waals surface area contributed by atoms with Gasteiger partial charge in [-0.2, -0.15) is 0 Å². The van der Waals surface area contributed by atoms with Crippen molar-refractivity contribution in [3.63, 3.8) is 0 Å². The number of aliphatic carboxylic acids is 1. The van der Waals surface area contributed by atoms with E-state index in [4.69, 9.17) is 5.11 Å². The lowest BCUT2D eigenvalue weighted by Crippen LogP contribution is -2.14. The number of allylic oxidation sites excluding steroid dienone is 4. The fourth-order valence-corrected chi connectivity index (χ4v) is 3.03.